The normalized spacial score (nSPS) is 20.4. The second-order valence-electron chi connectivity index (χ2n) is 4.64. The Morgan fingerprint density at radius 2 is 1.95 bits per heavy atom. The number of phenolic OH excluding ortho intramolecular Hbond substituents is 1. The maximum Gasteiger partial charge on any atom is 0.198 e. The van der Waals surface area contributed by atoms with Gasteiger partial charge in [-0.3, -0.25) is 4.79 Å². The van der Waals surface area contributed by atoms with Crippen molar-refractivity contribution in [2.24, 2.45) is 0 Å². The van der Waals surface area contributed by atoms with E-state index >= 15 is 0 Å². The molecular formula is C16H14O4. The van der Waals surface area contributed by atoms with Crippen molar-refractivity contribution < 1.29 is 19.4 Å². The van der Waals surface area contributed by atoms with Crippen LogP contribution in [0.2, 0.25) is 0 Å². The van der Waals surface area contributed by atoms with Gasteiger partial charge in [-0.2, -0.15) is 0 Å². The summed E-state index contributed by atoms with van der Waals surface area (Å²) < 4.78 is 10.4. The van der Waals surface area contributed by atoms with E-state index in [2.05, 4.69) is 0 Å². The van der Waals surface area contributed by atoms with Crippen molar-refractivity contribution in [3.05, 3.63) is 59.7 Å². The number of epoxide rings is 1. The molecule has 0 aromatic heterocycles. The van der Waals surface area contributed by atoms with Gasteiger partial charge in [-0.25, -0.2) is 0 Å². The fraction of sp³-hybridized carbons (Fsp3) is 0.188. The number of hydrogen-bond donors (Lipinski definition) is 1. The molecule has 0 unspecified atom stereocenters. The highest BCUT2D eigenvalue weighted by Crippen LogP contribution is 2.41. The van der Waals surface area contributed by atoms with Crippen molar-refractivity contribution in [2.75, 3.05) is 7.11 Å². The van der Waals surface area contributed by atoms with E-state index in [0.717, 1.165) is 5.56 Å². The average Bonchev–Trinajstić information content (AvgIpc) is 3.28. The zero-order valence-corrected chi connectivity index (χ0v) is 10.9. The first-order valence-electron chi connectivity index (χ1n) is 6.32. The van der Waals surface area contributed by atoms with Crippen molar-refractivity contribution in [1.29, 1.82) is 0 Å². The summed E-state index contributed by atoms with van der Waals surface area (Å²) in [7, 11) is 1.51. The molecule has 0 spiro atoms. The van der Waals surface area contributed by atoms with Gasteiger partial charge >= 0.3 is 0 Å². The zero-order valence-electron chi connectivity index (χ0n) is 10.9. The number of ether oxygens (including phenoxy) is 2. The zero-order chi connectivity index (χ0) is 14.1. The minimum Gasteiger partial charge on any atom is -0.507 e. The largest absolute Gasteiger partial charge is 0.507 e. The number of Topliss-reactive ketones (excluding diaryl/α,β-unsaturated/α-hetero) is 1. The van der Waals surface area contributed by atoms with Crippen LogP contribution >= 0.6 is 0 Å². The molecule has 2 aromatic rings. The summed E-state index contributed by atoms with van der Waals surface area (Å²) in [6.07, 6.45) is -0.734. The molecule has 0 bridgehead atoms. The van der Waals surface area contributed by atoms with Gasteiger partial charge in [0.15, 0.2) is 11.9 Å². The number of phenols is 1. The highest BCUT2D eigenvalue weighted by Gasteiger charge is 2.46. The Balaban J connectivity index is 1.78. The van der Waals surface area contributed by atoms with E-state index in [1.807, 2.05) is 30.3 Å². The van der Waals surface area contributed by atoms with Crippen LogP contribution in [0.3, 0.4) is 0 Å². The van der Waals surface area contributed by atoms with Crippen LogP contribution in [0.1, 0.15) is 22.0 Å². The van der Waals surface area contributed by atoms with Gasteiger partial charge in [0, 0.05) is 6.07 Å². The summed E-state index contributed by atoms with van der Waals surface area (Å²) in [5, 5.41) is 9.87. The van der Waals surface area contributed by atoms with E-state index in [9.17, 15) is 9.90 Å². The van der Waals surface area contributed by atoms with Crippen molar-refractivity contribution in [3.63, 3.8) is 0 Å². The number of carbonyl (C=O) groups is 1. The third-order valence-electron chi connectivity index (χ3n) is 3.35. The highest BCUT2D eigenvalue weighted by molar-refractivity contribution is 6.03. The molecule has 3 rings (SSSR count). The maximum absolute atomic E-state index is 12.3. The van der Waals surface area contributed by atoms with E-state index in [0.29, 0.717) is 5.75 Å². The summed E-state index contributed by atoms with van der Waals surface area (Å²) in [5.74, 6) is 0.214. The molecule has 102 valence electrons. The summed E-state index contributed by atoms with van der Waals surface area (Å²) >= 11 is 0. The second kappa shape index (κ2) is 4.98. The molecule has 1 N–H and O–H groups in total. The summed E-state index contributed by atoms with van der Waals surface area (Å²) in [5.41, 5.74) is 1.23. The van der Waals surface area contributed by atoms with Crippen molar-refractivity contribution in [3.8, 4) is 11.5 Å². The summed E-state index contributed by atoms with van der Waals surface area (Å²) in [6.45, 7) is 0. The van der Waals surface area contributed by atoms with E-state index in [1.54, 1.807) is 12.1 Å². The van der Waals surface area contributed by atoms with Crippen molar-refractivity contribution in [1.82, 2.24) is 0 Å². The van der Waals surface area contributed by atoms with Crippen LogP contribution in [-0.2, 0) is 4.74 Å². The Hall–Kier alpha value is -2.33. The van der Waals surface area contributed by atoms with Gasteiger partial charge in [-0.1, -0.05) is 30.3 Å². The third kappa shape index (κ3) is 2.26. The van der Waals surface area contributed by atoms with Gasteiger partial charge < -0.3 is 14.6 Å². The van der Waals surface area contributed by atoms with E-state index < -0.39 is 6.10 Å². The molecular weight excluding hydrogens is 256 g/mol. The fourth-order valence-corrected chi connectivity index (χ4v) is 2.21. The molecule has 20 heavy (non-hydrogen) atoms. The lowest BCUT2D eigenvalue weighted by molar-refractivity contribution is 0.0951. The van der Waals surface area contributed by atoms with Gasteiger partial charge in [0.1, 0.15) is 17.6 Å². The topological polar surface area (TPSA) is 59.1 Å². The minimum atomic E-state index is -0.517. The molecule has 0 radical (unpaired) electrons. The number of aromatic hydroxyl groups is 1. The monoisotopic (exact) mass is 270 g/mol. The van der Waals surface area contributed by atoms with Gasteiger partial charge in [0.2, 0.25) is 0 Å². The SMILES string of the molecule is COc1ccc(C(=O)[C@H]2O[C@@H]2c2ccccc2)c(O)c1. The van der Waals surface area contributed by atoms with Crippen LogP contribution in [0.25, 0.3) is 0 Å². The van der Waals surface area contributed by atoms with Gasteiger partial charge in [-0.05, 0) is 17.7 Å². The average molecular weight is 270 g/mol. The Morgan fingerprint density at radius 3 is 2.60 bits per heavy atom. The number of rotatable bonds is 4. The lowest BCUT2D eigenvalue weighted by atomic mass is 10.0. The summed E-state index contributed by atoms with van der Waals surface area (Å²) in [6, 6.07) is 14.2. The third-order valence-corrected chi connectivity index (χ3v) is 3.35. The predicted octanol–water partition coefficient (Wildman–Crippen LogP) is 2.72. The van der Waals surface area contributed by atoms with Crippen molar-refractivity contribution in [2.45, 2.75) is 12.2 Å². The predicted molar refractivity (Wildman–Crippen MR) is 73.0 cm³/mol. The van der Waals surface area contributed by atoms with Crippen LogP contribution in [0.15, 0.2) is 48.5 Å². The Kier molecular flexibility index (Phi) is 3.16. The fourth-order valence-electron chi connectivity index (χ4n) is 2.21. The Bertz CT molecular complexity index is 636. The van der Waals surface area contributed by atoms with Gasteiger partial charge in [0.25, 0.3) is 0 Å². The Labute approximate surface area is 116 Å². The standard InChI is InChI=1S/C16H14O4/c1-19-11-7-8-12(13(17)9-11)14(18)16-15(20-16)10-5-3-2-4-6-10/h2-9,15-17H,1H3/t15-,16-/m1/s1. The van der Waals surface area contributed by atoms with Crippen LogP contribution in [-0.4, -0.2) is 24.1 Å². The molecule has 4 heteroatoms. The molecule has 4 nitrogen and oxygen atoms in total. The molecule has 0 saturated carbocycles. The molecule has 1 fully saturated rings. The van der Waals surface area contributed by atoms with E-state index in [1.165, 1.54) is 13.2 Å². The number of methoxy groups -OCH3 is 1. The molecule has 0 aliphatic carbocycles. The lowest BCUT2D eigenvalue weighted by Crippen LogP contribution is -2.08. The quantitative estimate of drug-likeness (QED) is 0.685. The Morgan fingerprint density at radius 1 is 1.20 bits per heavy atom. The van der Waals surface area contributed by atoms with Crippen molar-refractivity contribution >= 4 is 5.78 Å². The highest BCUT2D eigenvalue weighted by atomic mass is 16.6. The molecule has 2 aromatic carbocycles. The summed E-state index contributed by atoms with van der Waals surface area (Å²) in [4.78, 5) is 12.3. The number of carbonyl (C=O) groups excluding carboxylic acids is 1. The lowest BCUT2D eigenvalue weighted by Gasteiger charge is -2.04. The van der Waals surface area contributed by atoms with Crippen LogP contribution in [0, 0.1) is 0 Å². The maximum atomic E-state index is 12.3. The number of hydrogen-bond acceptors (Lipinski definition) is 4. The molecule has 1 heterocycles. The van der Waals surface area contributed by atoms with Crippen LogP contribution < -0.4 is 4.74 Å². The van der Waals surface area contributed by atoms with Gasteiger partial charge in [0.05, 0.1) is 12.7 Å². The molecule has 1 aliphatic heterocycles. The molecule has 1 aliphatic rings. The van der Waals surface area contributed by atoms with Gasteiger partial charge in [-0.15, -0.1) is 0 Å². The number of benzene rings is 2. The number of ketones is 1. The van der Waals surface area contributed by atoms with Crippen LogP contribution in [0.5, 0.6) is 11.5 Å². The molecule has 1 saturated heterocycles. The first kappa shape index (κ1) is 12.7. The van der Waals surface area contributed by atoms with Crippen LogP contribution in [0.4, 0.5) is 0 Å². The first-order valence-corrected chi connectivity index (χ1v) is 6.32. The second-order valence-corrected chi connectivity index (χ2v) is 4.64. The molecule has 2 atom stereocenters. The first-order chi connectivity index (χ1) is 9.70. The molecule has 0 amide bonds. The minimum absolute atomic E-state index is 0.0864. The van der Waals surface area contributed by atoms with E-state index in [4.69, 9.17) is 9.47 Å². The smallest absolute Gasteiger partial charge is 0.198 e. The van der Waals surface area contributed by atoms with E-state index in [-0.39, 0.29) is 23.2 Å².